The molecule has 2 heterocycles. The lowest BCUT2D eigenvalue weighted by Crippen LogP contribution is -2.02. The van der Waals surface area contributed by atoms with Gasteiger partial charge in [-0.05, 0) is 76.9 Å². The summed E-state index contributed by atoms with van der Waals surface area (Å²) in [7, 11) is 0. The van der Waals surface area contributed by atoms with Crippen LogP contribution in [0.3, 0.4) is 0 Å². The van der Waals surface area contributed by atoms with Crippen molar-refractivity contribution in [2.45, 2.75) is 0 Å². The van der Waals surface area contributed by atoms with Gasteiger partial charge >= 0.3 is 0 Å². The van der Waals surface area contributed by atoms with Gasteiger partial charge in [-0.2, -0.15) is 0 Å². The predicted octanol–water partition coefficient (Wildman–Crippen LogP) is 7.54. The van der Waals surface area contributed by atoms with Gasteiger partial charge in [0, 0.05) is 0 Å². The average Bonchev–Trinajstić information content (AvgIpc) is 2.93. The Morgan fingerprint density at radius 3 is 1.28 bits per heavy atom. The molecule has 36 heavy (non-hydrogen) atoms. The summed E-state index contributed by atoms with van der Waals surface area (Å²) < 4.78 is 11.9. The van der Waals surface area contributed by atoms with E-state index in [4.69, 9.17) is 8.83 Å². The number of hydrogen-bond acceptors (Lipinski definition) is 4. The molecule has 2 aromatic heterocycles. The Bertz CT molecular complexity index is 1950. The highest BCUT2D eigenvalue weighted by Crippen LogP contribution is 2.30. The Morgan fingerprint density at radius 1 is 0.361 bits per heavy atom. The minimum atomic E-state index is -0.0432. The van der Waals surface area contributed by atoms with Crippen LogP contribution in [0.4, 0.5) is 0 Å². The average molecular weight is 466 g/mol. The molecule has 4 nitrogen and oxygen atoms in total. The minimum Gasteiger partial charge on any atom is -0.456 e. The third kappa shape index (κ3) is 3.16. The van der Waals surface area contributed by atoms with E-state index in [0.29, 0.717) is 43.9 Å². The molecule has 0 aliphatic carbocycles. The quantitative estimate of drug-likeness (QED) is 0.247. The van der Waals surface area contributed by atoms with E-state index < -0.39 is 0 Å². The van der Waals surface area contributed by atoms with Crippen molar-refractivity contribution in [1.29, 1.82) is 0 Å². The maximum absolute atomic E-state index is 13.1. The van der Waals surface area contributed by atoms with E-state index in [1.54, 1.807) is 24.3 Å². The monoisotopic (exact) mass is 466 g/mol. The molecule has 0 unspecified atom stereocenters. The Morgan fingerprint density at radius 2 is 0.778 bits per heavy atom. The first-order valence-electron chi connectivity index (χ1n) is 11.7. The van der Waals surface area contributed by atoms with Crippen molar-refractivity contribution >= 4 is 43.9 Å². The van der Waals surface area contributed by atoms with Crippen LogP contribution in [0.25, 0.3) is 66.1 Å². The first-order chi connectivity index (χ1) is 17.7. The molecule has 0 saturated carbocycles. The lowest BCUT2D eigenvalue weighted by molar-refractivity contribution is 0.659. The van der Waals surface area contributed by atoms with E-state index in [0.717, 1.165) is 22.3 Å². The van der Waals surface area contributed by atoms with Crippen LogP contribution in [0.2, 0.25) is 0 Å². The van der Waals surface area contributed by atoms with Gasteiger partial charge in [0.2, 0.25) is 10.9 Å². The van der Waals surface area contributed by atoms with Gasteiger partial charge < -0.3 is 8.83 Å². The fourth-order valence-electron chi connectivity index (χ4n) is 4.84. The first kappa shape index (κ1) is 20.4. The molecule has 7 rings (SSSR count). The van der Waals surface area contributed by atoms with E-state index in [9.17, 15) is 9.59 Å². The molecule has 0 spiro atoms. The summed E-state index contributed by atoms with van der Waals surface area (Å²) in [5.41, 5.74) is 5.96. The fourth-order valence-corrected chi connectivity index (χ4v) is 4.84. The predicted molar refractivity (Wildman–Crippen MR) is 144 cm³/mol. The van der Waals surface area contributed by atoms with Crippen LogP contribution < -0.4 is 10.9 Å². The number of benzene rings is 5. The molecule has 0 atom stereocenters. The molecule has 0 saturated heterocycles. The molecule has 0 bridgehead atoms. The van der Waals surface area contributed by atoms with Gasteiger partial charge in [0.05, 0.1) is 21.5 Å². The van der Waals surface area contributed by atoms with Crippen LogP contribution in [0.5, 0.6) is 0 Å². The van der Waals surface area contributed by atoms with Crippen molar-refractivity contribution in [3.05, 3.63) is 130 Å². The summed E-state index contributed by atoms with van der Waals surface area (Å²) in [6.07, 6.45) is 0. The van der Waals surface area contributed by atoms with Gasteiger partial charge in [-0.15, -0.1) is 0 Å². The van der Waals surface area contributed by atoms with E-state index in [1.165, 1.54) is 0 Å². The zero-order chi connectivity index (χ0) is 24.2. The van der Waals surface area contributed by atoms with E-state index in [-0.39, 0.29) is 10.9 Å². The van der Waals surface area contributed by atoms with Crippen LogP contribution in [0, 0.1) is 0 Å². The first-order valence-corrected chi connectivity index (χ1v) is 11.7. The maximum atomic E-state index is 13.1. The van der Waals surface area contributed by atoms with Crippen molar-refractivity contribution in [1.82, 2.24) is 0 Å². The molecule has 0 N–H and O–H groups in total. The van der Waals surface area contributed by atoms with Crippen molar-refractivity contribution in [2.24, 2.45) is 0 Å². The molecular formula is C32H18O4. The van der Waals surface area contributed by atoms with Crippen molar-refractivity contribution < 1.29 is 8.83 Å². The standard InChI is InChI=1S/C32H18O4/c33-31-23-8-1-3-10-27(23)35-29-14-12-21(17-25(29)31)19-6-5-7-20(16-19)22-13-15-30-26(18-22)32(34)24-9-2-4-11-28(24)36-30/h1-18H. The number of rotatable bonds is 2. The van der Waals surface area contributed by atoms with Gasteiger partial charge in [0.25, 0.3) is 0 Å². The molecular weight excluding hydrogens is 448 g/mol. The second kappa shape index (κ2) is 7.79. The van der Waals surface area contributed by atoms with Gasteiger partial charge in [-0.25, -0.2) is 0 Å². The highest BCUT2D eigenvalue weighted by atomic mass is 16.3. The summed E-state index contributed by atoms with van der Waals surface area (Å²) in [6.45, 7) is 0. The Kier molecular flexibility index (Phi) is 4.42. The second-order valence-corrected chi connectivity index (χ2v) is 8.86. The summed E-state index contributed by atoms with van der Waals surface area (Å²) in [6, 6.07) is 34.0. The summed E-state index contributed by atoms with van der Waals surface area (Å²) in [4.78, 5) is 26.2. The van der Waals surface area contributed by atoms with Crippen molar-refractivity contribution in [2.75, 3.05) is 0 Å². The van der Waals surface area contributed by atoms with Gasteiger partial charge in [0.15, 0.2) is 0 Å². The zero-order valence-corrected chi connectivity index (χ0v) is 19.0. The molecule has 0 radical (unpaired) electrons. The third-order valence-corrected chi connectivity index (χ3v) is 6.68. The fraction of sp³-hybridized carbons (Fsp3) is 0. The van der Waals surface area contributed by atoms with E-state index >= 15 is 0 Å². The largest absolute Gasteiger partial charge is 0.456 e. The van der Waals surface area contributed by atoms with Gasteiger partial charge in [0.1, 0.15) is 22.3 Å². The lowest BCUT2D eigenvalue weighted by Gasteiger charge is -2.09. The summed E-state index contributed by atoms with van der Waals surface area (Å²) >= 11 is 0. The van der Waals surface area contributed by atoms with Crippen LogP contribution >= 0.6 is 0 Å². The maximum Gasteiger partial charge on any atom is 0.200 e. The summed E-state index contributed by atoms with van der Waals surface area (Å²) in [5.74, 6) is 0. The van der Waals surface area contributed by atoms with Crippen LogP contribution in [0.1, 0.15) is 0 Å². The van der Waals surface area contributed by atoms with Gasteiger partial charge in [-0.3, -0.25) is 9.59 Å². The lowest BCUT2D eigenvalue weighted by atomic mass is 9.97. The minimum absolute atomic E-state index is 0.0432. The third-order valence-electron chi connectivity index (χ3n) is 6.68. The Labute approximate surface area is 204 Å². The van der Waals surface area contributed by atoms with Crippen LogP contribution in [0.15, 0.2) is 128 Å². The molecule has 0 aliphatic heterocycles. The topological polar surface area (TPSA) is 60.4 Å². The number of fused-ring (bicyclic) bond motifs is 4. The van der Waals surface area contributed by atoms with Crippen LogP contribution in [-0.4, -0.2) is 0 Å². The van der Waals surface area contributed by atoms with Crippen LogP contribution in [-0.2, 0) is 0 Å². The number of hydrogen-bond donors (Lipinski definition) is 0. The SMILES string of the molecule is O=c1c2ccccc2oc2ccc(-c3cccc(-c4ccc5oc6ccccc6c(=O)c5c4)c3)cc12. The Balaban J connectivity index is 1.36. The molecule has 4 heteroatoms. The highest BCUT2D eigenvalue weighted by Gasteiger charge is 2.11. The zero-order valence-electron chi connectivity index (χ0n) is 19.0. The highest BCUT2D eigenvalue weighted by molar-refractivity contribution is 5.94. The molecule has 7 aromatic rings. The molecule has 0 amide bonds. The van der Waals surface area contributed by atoms with Gasteiger partial charge in [-0.1, -0.05) is 54.6 Å². The van der Waals surface area contributed by atoms with Crippen molar-refractivity contribution in [3.63, 3.8) is 0 Å². The Hall–Kier alpha value is -4.96. The summed E-state index contributed by atoms with van der Waals surface area (Å²) in [5, 5.41) is 2.23. The molecule has 170 valence electrons. The smallest absolute Gasteiger partial charge is 0.200 e. The number of para-hydroxylation sites is 2. The molecule has 5 aromatic carbocycles. The second-order valence-electron chi connectivity index (χ2n) is 8.86. The van der Waals surface area contributed by atoms with E-state index in [2.05, 4.69) is 6.07 Å². The normalized spacial score (nSPS) is 11.6. The molecule has 0 fully saturated rings. The molecule has 0 aliphatic rings. The van der Waals surface area contributed by atoms with E-state index in [1.807, 2.05) is 78.9 Å². The van der Waals surface area contributed by atoms with Crippen molar-refractivity contribution in [3.8, 4) is 22.3 Å².